The van der Waals surface area contributed by atoms with E-state index in [0.717, 1.165) is 23.5 Å². The van der Waals surface area contributed by atoms with Gasteiger partial charge in [-0.15, -0.1) is 23.1 Å². The molecule has 0 saturated carbocycles. The van der Waals surface area contributed by atoms with Crippen LogP contribution < -0.4 is 31.8 Å². The minimum absolute atomic E-state index is 0.0200. The van der Waals surface area contributed by atoms with E-state index in [1.165, 1.54) is 47.6 Å². The van der Waals surface area contributed by atoms with Crippen LogP contribution in [0, 0.1) is 0 Å². The number of carboxylic acids is 1. The van der Waals surface area contributed by atoms with Crippen molar-refractivity contribution in [2.24, 2.45) is 5.16 Å². The van der Waals surface area contributed by atoms with Crippen LogP contribution in [0.25, 0.3) is 0 Å². The normalized spacial score (nSPS) is 17.2. The summed E-state index contributed by atoms with van der Waals surface area (Å²) in [6, 6.07) is 10.4. The first kappa shape index (κ1) is 38.8. The number of aromatic nitrogens is 3. The highest BCUT2D eigenvalue weighted by Crippen LogP contribution is 2.41. The lowest BCUT2D eigenvalue weighted by atomic mass is 10.0. The van der Waals surface area contributed by atoms with Gasteiger partial charge in [0.15, 0.2) is 22.3 Å². The number of aliphatic carboxylic acids is 1. The molecule has 21 heteroatoms. The van der Waals surface area contributed by atoms with Gasteiger partial charge in [0.1, 0.15) is 35.2 Å². The van der Waals surface area contributed by atoms with Crippen molar-refractivity contribution >= 4 is 69.3 Å². The number of carbonyl (C=O) groups is 4. The number of nitrogens with two attached hydrogens (primary N) is 3. The molecule has 56 heavy (non-hydrogen) atoms. The van der Waals surface area contributed by atoms with Crippen LogP contribution in [-0.4, -0.2) is 83.9 Å². The predicted molar refractivity (Wildman–Crippen MR) is 202 cm³/mol. The Morgan fingerprint density at radius 3 is 2.55 bits per heavy atom. The van der Waals surface area contributed by atoms with Crippen molar-refractivity contribution in [1.82, 2.24) is 20.2 Å². The first-order valence-electron chi connectivity index (χ1n) is 16.4. The highest BCUT2D eigenvalue weighted by molar-refractivity contribution is 8.00. The number of nitrogen functional groups attached to an aromatic ring is 3. The van der Waals surface area contributed by atoms with Crippen molar-refractivity contribution in [1.29, 1.82) is 0 Å². The number of carboxylic acid groups (broad SMARTS) is 1. The molecule has 6 rings (SSSR count). The van der Waals surface area contributed by atoms with Gasteiger partial charge in [-0.25, -0.2) is 19.1 Å². The lowest BCUT2D eigenvalue weighted by molar-refractivity contribution is -0.675. The Labute approximate surface area is 325 Å². The number of β-lactam (4-membered cyclic amide) rings is 1. The highest BCUT2D eigenvalue weighted by atomic mass is 32.2. The topological polar surface area (TPSA) is 292 Å². The molecule has 0 aliphatic carbocycles. The fourth-order valence-corrected chi connectivity index (χ4v) is 7.37. The van der Waals surface area contributed by atoms with Crippen LogP contribution in [0.3, 0.4) is 0 Å². The van der Waals surface area contributed by atoms with Crippen LogP contribution in [0.2, 0.25) is 0 Å². The van der Waals surface area contributed by atoms with Gasteiger partial charge in [0, 0.05) is 16.7 Å². The van der Waals surface area contributed by atoms with Gasteiger partial charge in [0.2, 0.25) is 24.1 Å². The second kappa shape index (κ2) is 16.7. The van der Waals surface area contributed by atoms with E-state index >= 15 is 0 Å². The van der Waals surface area contributed by atoms with Gasteiger partial charge < -0.3 is 52.1 Å². The molecule has 2 aliphatic heterocycles. The molecule has 1 saturated heterocycles. The number of ether oxygens (including phenoxy) is 2. The molecule has 2 amide bonds. The van der Waals surface area contributed by atoms with Crippen molar-refractivity contribution in [3.05, 3.63) is 100 Å². The number of benzene rings is 2. The summed E-state index contributed by atoms with van der Waals surface area (Å²) in [6.45, 7) is 0.157. The third kappa shape index (κ3) is 8.42. The molecular formula is C35H34N9O10S2+. The molecule has 2 aliphatic rings. The van der Waals surface area contributed by atoms with Gasteiger partial charge in [-0.3, -0.25) is 14.5 Å². The van der Waals surface area contributed by atoms with E-state index in [1.54, 1.807) is 41.0 Å². The molecule has 10 N–H and O–H groups in total. The van der Waals surface area contributed by atoms with Crippen LogP contribution >= 0.6 is 23.1 Å². The summed E-state index contributed by atoms with van der Waals surface area (Å²) < 4.78 is 12.5. The number of esters is 1. The number of allylic oxidation sites excluding steroid dienone is 2. The summed E-state index contributed by atoms with van der Waals surface area (Å²) >= 11 is 2.24. The summed E-state index contributed by atoms with van der Waals surface area (Å²) in [5, 5.41) is 36.5. The van der Waals surface area contributed by atoms with Gasteiger partial charge in [-0.05, 0) is 35.4 Å². The summed E-state index contributed by atoms with van der Waals surface area (Å²) in [4.78, 5) is 68.0. The average molecular weight is 805 g/mol. The van der Waals surface area contributed by atoms with Crippen LogP contribution in [0.1, 0.15) is 22.9 Å². The van der Waals surface area contributed by atoms with Crippen molar-refractivity contribution < 1.29 is 53.4 Å². The number of anilines is 3. The molecule has 0 radical (unpaired) electrons. The fourth-order valence-electron chi connectivity index (χ4n) is 5.50. The number of hydrogen-bond donors (Lipinski definition) is 7. The van der Waals surface area contributed by atoms with E-state index in [1.807, 2.05) is 0 Å². The second-order valence-corrected chi connectivity index (χ2v) is 14.0. The first-order valence-corrected chi connectivity index (χ1v) is 18.3. The fraction of sp³-hybridized carbons (Fsp3) is 0.200. The van der Waals surface area contributed by atoms with E-state index in [-0.39, 0.29) is 46.8 Å². The number of amides is 2. The van der Waals surface area contributed by atoms with Gasteiger partial charge in [0.05, 0.1) is 19.7 Å². The monoisotopic (exact) mass is 804 g/mol. The minimum Gasteiger partial charge on any atom is -0.504 e. The van der Waals surface area contributed by atoms with Crippen LogP contribution in [0.5, 0.6) is 17.2 Å². The Morgan fingerprint density at radius 1 is 1.12 bits per heavy atom. The van der Waals surface area contributed by atoms with E-state index in [4.69, 9.17) is 31.5 Å². The molecule has 19 nitrogen and oxygen atoms in total. The molecule has 3 atom stereocenters. The average Bonchev–Trinajstić information content (AvgIpc) is 3.61. The number of oxime groups is 1. The molecule has 1 fully saturated rings. The number of thiazole rings is 1. The molecule has 2 aromatic heterocycles. The van der Waals surface area contributed by atoms with E-state index in [0.29, 0.717) is 22.7 Å². The van der Waals surface area contributed by atoms with Crippen molar-refractivity contribution in [3.63, 3.8) is 0 Å². The highest BCUT2D eigenvalue weighted by Gasteiger charge is 2.54. The maximum Gasteiger partial charge on any atom is 0.355 e. The molecule has 0 spiro atoms. The van der Waals surface area contributed by atoms with E-state index in [9.17, 15) is 34.5 Å². The summed E-state index contributed by atoms with van der Waals surface area (Å²) in [6.07, 6.45) is 3.05. The van der Waals surface area contributed by atoms with Crippen molar-refractivity contribution in [2.45, 2.75) is 30.7 Å². The molecule has 4 aromatic rings. The number of nitrogens with zero attached hydrogens (tertiary/aromatic N) is 5. The molecule has 290 valence electrons. The number of hydrogen-bond acceptors (Lipinski definition) is 17. The number of phenols is 2. The van der Waals surface area contributed by atoms with Crippen LogP contribution in [0.4, 0.5) is 16.8 Å². The number of phenolic OH excluding ortho intramolecular Hbond substituents is 2. The maximum atomic E-state index is 13.8. The van der Waals surface area contributed by atoms with Crippen molar-refractivity contribution in [2.75, 3.05) is 30.1 Å². The Kier molecular flexibility index (Phi) is 11.5. The third-order valence-electron chi connectivity index (χ3n) is 8.36. The molecule has 2 aromatic carbocycles. The molecule has 0 bridgehead atoms. The standard InChI is InChI=1S/C35H33N9O10S2/c1-52-20-7-4-17(5-8-20)13-53-34(51)28-19(3-2-10-43-16-39-24(36)12-25(43)37)14-55-32-27(31(48)44(28)32)41-30(47)26(21-15-56-35(38)40-21)42-54-29(33(49)50)18-6-9-22(45)23(46)11-18/h2-9,11-12,15-16,27,29,32H,10,13-14H2,1H3,(H9,36,37,38,40,41,42,45,46,47,49,50)/p+1/b3-2+/t27-,29?,32-/m1/s1. The Hall–Kier alpha value is -6.87. The third-order valence-corrected chi connectivity index (χ3v) is 10.3. The number of fused-ring (bicyclic) bond motifs is 1. The Morgan fingerprint density at radius 2 is 1.89 bits per heavy atom. The summed E-state index contributed by atoms with van der Waals surface area (Å²) in [5.41, 5.74) is 18.0. The predicted octanol–water partition coefficient (Wildman–Crippen LogP) is 1.19. The number of carbonyl (C=O) groups excluding carboxylic acids is 3. The van der Waals surface area contributed by atoms with Crippen molar-refractivity contribution in [3.8, 4) is 17.2 Å². The quantitative estimate of drug-likeness (QED) is 0.0235. The summed E-state index contributed by atoms with van der Waals surface area (Å²) in [5.74, 6) is -3.55. The number of methoxy groups -OCH3 is 1. The largest absolute Gasteiger partial charge is 0.504 e. The Bertz CT molecular complexity index is 2280. The van der Waals surface area contributed by atoms with E-state index < -0.39 is 58.5 Å². The number of nitrogens with one attached hydrogen (secondary N) is 1. The zero-order valence-electron chi connectivity index (χ0n) is 29.3. The minimum atomic E-state index is -1.83. The maximum absolute atomic E-state index is 13.8. The lowest BCUT2D eigenvalue weighted by Gasteiger charge is -2.49. The smallest absolute Gasteiger partial charge is 0.355 e. The van der Waals surface area contributed by atoms with Gasteiger partial charge in [0.25, 0.3) is 11.8 Å². The van der Waals surface area contributed by atoms with Gasteiger partial charge in [-0.1, -0.05) is 40.5 Å². The van der Waals surface area contributed by atoms with Gasteiger partial charge in [-0.2, -0.15) is 0 Å². The van der Waals surface area contributed by atoms with Crippen LogP contribution in [-0.2, 0) is 41.9 Å². The molecular weight excluding hydrogens is 771 g/mol. The van der Waals surface area contributed by atoms with Crippen LogP contribution in [0.15, 0.2) is 88.8 Å². The first-order chi connectivity index (χ1) is 26.8. The zero-order chi connectivity index (χ0) is 40.1. The second-order valence-electron chi connectivity index (χ2n) is 12.0. The number of rotatable bonds is 14. The summed E-state index contributed by atoms with van der Waals surface area (Å²) in [7, 11) is 1.53. The number of thioether (sulfide) groups is 1. The number of aromatic hydroxyl groups is 2. The van der Waals surface area contributed by atoms with Gasteiger partial charge >= 0.3 is 11.9 Å². The zero-order valence-corrected chi connectivity index (χ0v) is 30.9. The Balaban J connectivity index is 1.24. The SMILES string of the molecule is COc1ccc(COC(=O)C2=C(/C=C/C[n+]3cnc(N)cc3N)CS[C@@H]3[C@H](NC(=O)/C(=N\OC(C(=O)O)c4ccc(O)c(O)c4)c4csc(N)n4)C(=O)N23)cc1. The lowest BCUT2D eigenvalue weighted by Crippen LogP contribution is -2.71. The molecule has 4 heterocycles. The molecule has 1 unspecified atom stereocenters. The van der Waals surface area contributed by atoms with E-state index in [2.05, 4.69) is 20.4 Å².